The van der Waals surface area contributed by atoms with Crippen LogP contribution in [0.3, 0.4) is 0 Å². The summed E-state index contributed by atoms with van der Waals surface area (Å²) >= 11 is 5.96. The summed E-state index contributed by atoms with van der Waals surface area (Å²) in [5.41, 5.74) is 0.893. The Morgan fingerprint density at radius 2 is 2.04 bits per heavy atom. The van der Waals surface area contributed by atoms with Gasteiger partial charge in [-0.1, -0.05) is 30.7 Å². The maximum absolute atomic E-state index is 13.7. The standard InChI is InChI=1S/C17H18ClFN2O2/c1-2-9-20-17(22)21-12-5-3-6-13(10-12)23-11-14-15(18)7-4-8-16(14)19/h3-8,10H,2,9,11H2,1H3,(H2,20,21,22). The fourth-order valence-corrected chi connectivity index (χ4v) is 2.12. The van der Waals surface area contributed by atoms with Gasteiger partial charge < -0.3 is 15.4 Å². The number of hydrogen-bond donors (Lipinski definition) is 2. The molecular formula is C17H18ClFN2O2. The van der Waals surface area contributed by atoms with Crippen molar-refractivity contribution in [2.24, 2.45) is 0 Å². The number of hydrogen-bond acceptors (Lipinski definition) is 2. The summed E-state index contributed by atoms with van der Waals surface area (Å²) in [6, 6.07) is 11.1. The van der Waals surface area contributed by atoms with E-state index in [0.29, 0.717) is 28.6 Å². The highest BCUT2D eigenvalue weighted by molar-refractivity contribution is 6.31. The molecule has 0 bridgehead atoms. The Morgan fingerprint density at radius 1 is 1.26 bits per heavy atom. The maximum Gasteiger partial charge on any atom is 0.319 e. The zero-order chi connectivity index (χ0) is 16.7. The first-order valence-electron chi connectivity index (χ1n) is 7.30. The number of ether oxygens (including phenoxy) is 1. The molecule has 0 aliphatic heterocycles. The number of amides is 2. The average molecular weight is 337 g/mol. The Kier molecular flexibility index (Phi) is 6.23. The number of anilines is 1. The molecule has 6 heteroatoms. The van der Waals surface area contributed by atoms with E-state index in [-0.39, 0.29) is 12.6 Å². The molecule has 4 nitrogen and oxygen atoms in total. The quantitative estimate of drug-likeness (QED) is 0.810. The predicted molar refractivity (Wildman–Crippen MR) is 89.5 cm³/mol. The molecule has 122 valence electrons. The van der Waals surface area contributed by atoms with Gasteiger partial charge in [0, 0.05) is 23.9 Å². The molecule has 2 aromatic carbocycles. The summed E-state index contributed by atoms with van der Waals surface area (Å²) in [6.07, 6.45) is 0.861. The molecule has 0 unspecified atom stereocenters. The van der Waals surface area contributed by atoms with Crippen LogP contribution in [-0.4, -0.2) is 12.6 Å². The molecule has 0 saturated carbocycles. The number of carbonyl (C=O) groups is 1. The van der Waals surface area contributed by atoms with Crippen molar-refractivity contribution >= 4 is 23.3 Å². The lowest BCUT2D eigenvalue weighted by atomic mass is 10.2. The van der Waals surface area contributed by atoms with Gasteiger partial charge in [0.2, 0.25) is 0 Å². The molecule has 0 heterocycles. The van der Waals surface area contributed by atoms with Gasteiger partial charge in [-0.2, -0.15) is 0 Å². The van der Waals surface area contributed by atoms with Gasteiger partial charge in [-0.15, -0.1) is 0 Å². The molecule has 23 heavy (non-hydrogen) atoms. The Bertz CT molecular complexity index is 659. The van der Waals surface area contributed by atoms with Crippen LogP contribution in [0.25, 0.3) is 0 Å². The number of benzene rings is 2. The normalized spacial score (nSPS) is 10.2. The molecule has 2 aromatic rings. The molecule has 0 saturated heterocycles. The van der Waals surface area contributed by atoms with Crippen molar-refractivity contribution < 1.29 is 13.9 Å². The molecule has 0 fully saturated rings. The summed E-state index contributed by atoms with van der Waals surface area (Å²) in [7, 11) is 0. The van der Waals surface area contributed by atoms with E-state index in [1.54, 1.807) is 36.4 Å². The fraction of sp³-hybridized carbons (Fsp3) is 0.235. The Morgan fingerprint density at radius 3 is 2.78 bits per heavy atom. The van der Waals surface area contributed by atoms with Crippen molar-refractivity contribution in [1.82, 2.24) is 5.32 Å². The van der Waals surface area contributed by atoms with Crippen LogP contribution in [0.4, 0.5) is 14.9 Å². The first kappa shape index (κ1) is 17.1. The van der Waals surface area contributed by atoms with Crippen molar-refractivity contribution in [2.75, 3.05) is 11.9 Å². The third-order valence-electron chi connectivity index (χ3n) is 3.07. The van der Waals surface area contributed by atoms with Crippen LogP contribution in [0, 0.1) is 5.82 Å². The summed E-state index contributed by atoms with van der Waals surface area (Å²) in [6.45, 7) is 2.59. The van der Waals surface area contributed by atoms with E-state index in [1.807, 2.05) is 6.92 Å². The molecule has 0 aliphatic rings. The van der Waals surface area contributed by atoms with Crippen LogP contribution < -0.4 is 15.4 Å². The van der Waals surface area contributed by atoms with Crippen LogP contribution in [0.1, 0.15) is 18.9 Å². The van der Waals surface area contributed by atoms with Gasteiger partial charge in [0.05, 0.1) is 5.02 Å². The minimum atomic E-state index is -0.411. The van der Waals surface area contributed by atoms with Gasteiger partial charge in [0.1, 0.15) is 18.2 Å². The molecule has 0 aliphatic carbocycles. The second-order valence-corrected chi connectivity index (χ2v) is 5.30. The first-order valence-corrected chi connectivity index (χ1v) is 7.68. The van der Waals surface area contributed by atoms with E-state index < -0.39 is 5.82 Å². The number of urea groups is 1. The highest BCUT2D eigenvalue weighted by Crippen LogP contribution is 2.23. The number of halogens is 2. The van der Waals surface area contributed by atoms with Crippen LogP contribution in [0.15, 0.2) is 42.5 Å². The predicted octanol–water partition coefficient (Wildman–Crippen LogP) is 4.59. The SMILES string of the molecule is CCCNC(=O)Nc1cccc(OCc2c(F)cccc2Cl)c1. The molecule has 0 aromatic heterocycles. The second kappa shape index (κ2) is 8.39. The molecule has 2 N–H and O–H groups in total. The van der Waals surface area contributed by atoms with Crippen molar-refractivity contribution in [2.45, 2.75) is 20.0 Å². The minimum Gasteiger partial charge on any atom is -0.489 e. The van der Waals surface area contributed by atoms with Gasteiger partial charge in [-0.3, -0.25) is 0 Å². The van der Waals surface area contributed by atoms with Crippen molar-refractivity contribution in [3.05, 3.63) is 58.9 Å². The Labute approximate surface area is 139 Å². The van der Waals surface area contributed by atoms with Crippen LogP contribution in [-0.2, 0) is 6.61 Å². The zero-order valence-electron chi connectivity index (χ0n) is 12.7. The van der Waals surface area contributed by atoms with Gasteiger partial charge in [0.15, 0.2) is 0 Å². The van der Waals surface area contributed by atoms with Crippen LogP contribution in [0.5, 0.6) is 5.75 Å². The third-order valence-corrected chi connectivity index (χ3v) is 3.43. The van der Waals surface area contributed by atoms with Crippen LogP contribution >= 0.6 is 11.6 Å². The van der Waals surface area contributed by atoms with E-state index in [9.17, 15) is 9.18 Å². The second-order valence-electron chi connectivity index (χ2n) is 4.90. The minimum absolute atomic E-state index is 0.0109. The third kappa shape index (κ3) is 5.14. The van der Waals surface area contributed by atoms with E-state index in [0.717, 1.165) is 6.42 Å². The lowest BCUT2D eigenvalue weighted by Gasteiger charge is -2.11. The van der Waals surface area contributed by atoms with Crippen molar-refractivity contribution in [3.8, 4) is 5.75 Å². The monoisotopic (exact) mass is 336 g/mol. The van der Waals surface area contributed by atoms with Gasteiger partial charge >= 0.3 is 6.03 Å². The highest BCUT2D eigenvalue weighted by atomic mass is 35.5. The van der Waals surface area contributed by atoms with Gasteiger partial charge in [-0.05, 0) is 30.7 Å². The first-order chi connectivity index (χ1) is 11.1. The van der Waals surface area contributed by atoms with Crippen LogP contribution in [0.2, 0.25) is 5.02 Å². The lowest BCUT2D eigenvalue weighted by Crippen LogP contribution is -2.29. The number of nitrogens with one attached hydrogen (secondary N) is 2. The summed E-state index contributed by atoms with van der Waals surface area (Å²) in [5, 5.41) is 5.74. The molecule has 0 atom stereocenters. The fourth-order valence-electron chi connectivity index (χ4n) is 1.90. The van der Waals surface area contributed by atoms with E-state index in [1.165, 1.54) is 6.07 Å². The zero-order valence-corrected chi connectivity index (χ0v) is 13.5. The summed E-state index contributed by atoms with van der Waals surface area (Å²) in [5.74, 6) is 0.100. The van der Waals surface area contributed by atoms with Crippen molar-refractivity contribution in [1.29, 1.82) is 0 Å². The summed E-state index contributed by atoms with van der Waals surface area (Å²) < 4.78 is 19.3. The van der Waals surface area contributed by atoms with E-state index in [2.05, 4.69) is 10.6 Å². The van der Waals surface area contributed by atoms with E-state index in [4.69, 9.17) is 16.3 Å². The summed E-state index contributed by atoms with van der Waals surface area (Å²) in [4.78, 5) is 11.6. The number of carbonyl (C=O) groups excluding carboxylic acids is 1. The Balaban J connectivity index is 1.99. The molecule has 0 radical (unpaired) electrons. The topological polar surface area (TPSA) is 50.4 Å². The van der Waals surface area contributed by atoms with Gasteiger partial charge in [-0.25, -0.2) is 9.18 Å². The molecular weight excluding hydrogens is 319 g/mol. The molecule has 2 rings (SSSR count). The lowest BCUT2D eigenvalue weighted by molar-refractivity contribution is 0.252. The molecule has 0 spiro atoms. The maximum atomic E-state index is 13.7. The van der Waals surface area contributed by atoms with E-state index >= 15 is 0 Å². The smallest absolute Gasteiger partial charge is 0.319 e. The molecule has 2 amide bonds. The average Bonchev–Trinajstić information content (AvgIpc) is 2.53. The highest BCUT2D eigenvalue weighted by Gasteiger charge is 2.08. The van der Waals surface area contributed by atoms with Crippen molar-refractivity contribution in [3.63, 3.8) is 0 Å². The largest absolute Gasteiger partial charge is 0.489 e. The Hall–Kier alpha value is -2.27. The van der Waals surface area contributed by atoms with Gasteiger partial charge in [0.25, 0.3) is 0 Å². The number of rotatable bonds is 6.